The summed E-state index contributed by atoms with van der Waals surface area (Å²) in [6.07, 6.45) is 3.07. The number of carbonyl (C=O) groups excluding carboxylic acids is 1. The zero-order valence-electron chi connectivity index (χ0n) is 10.3. The van der Waals surface area contributed by atoms with E-state index in [0.29, 0.717) is 18.9 Å². The van der Waals surface area contributed by atoms with E-state index in [2.05, 4.69) is 13.2 Å². The van der Waals surface area contributed by atoms with Gasteiger partial charge in [-0.1, -0.05) is 13.2 Å². The van der Waals surface area contributed by atoms with Crippen molar-refractivity contribution in [2.24, 2.45) is 0 Å². The van der Waals surface area contributed by atoms with Crippen LogP contribution in [0.5, 0.6) is 0 Å². The third-order valence-electron chi connectivity index (χ3n) is 1.78. The molecule has 0 radical (unpaired) electrons. The fourth-order valence-corrected chi connectivity index (χ4v) is 0.817. The minimum Gasteiger partial charge on any atom is -0.493 e. The molecule has 0 aromatic heterocycles. The Morgan fingerprint density at radius 3 is 2.56 bits per heavy atom. The standard InChI is InChI=1S/C12H17NO5/c1-4-10(2)17-8-7-13(3)9-18-12(16)6-5-11(14)15/h4-6H,1-2,7-9H2,3H3,(H,14,15)/b6-5-. The van der Waals surface area contributed by atoms with Gasteiger partial charge in [0.1, 0.15) is 19.1 Å². The quantitative estimate of drug-likeness (QED) is 0.216. The fraction of sp³-hybridized carbons (Fsp3) is 0.333. The zero-order chi connectivity index (χ0) is 14.0. The van der Waals surface area contributed by atoms with Crippen molar-refractivity contribution in [3.63, 3.8) is 0 Å². The molecule has 0 aliphatic rings. The van der Waals surface area contributed by atoms with Crippen LogP contribution in [0.2, 0.25) is 0 Å². The summed E-state index contributed by atoms with van der Waals surface area (Å²) in [4.78, 5) is 22.9. The first-order valence-electron chi connectivity index (χ1n) is 5.16. The number of rotatable bonds is 9. The molecule has 0 spiro atoms. The molecule has 0 amide bonds. The molecule has 0 unspecified atom stereocenters. The second-order valence-electron chi connectivity index (χ2n) is 3.36. The van der Waals surface area contributed by atoms with E-state index in [1.165, 1.54) is 6.08 Å². The third kappa shape index (κ3) is 9.17. The Kier molecular flexibility index (Phi) is 7.96. The minimum absolute atomic E-state index is 0.0483. The number of ether oxygens (including phenoxy) is 2. The number of carboxylic acids is 1. The minimum atomic E-state index is -1.20. The number of likely N-dealkylation sites (N-methyl/N-ethyl adjacent to an activating group) is 1. The topological polar surface area (TPSA) is 76.1 Å². The van der Waals surface area contributed by atoms with Crippen molar-refractivity contribution in [1.29, 1.82) is 0 Å². The van der Waals surface area contributed by atoms with Gasteiger partial charge in [0.2, 0.25) is 0 Å². The summed E-state index contributed by atoms with van der Waals surface area (Å²) in [7, 11) is 1.73. The van der Waals surface area contributed by atoms with E-state index in [1.54, 1.807) is 11.9 Å². The smallest absolute Gasteiger partial charge is 0.332 e. The Balaban J connectivity index is 3.73. The van der Waals surface area contributed by atoms with Gasteiger partial charge in [-0.15, -0.1) is 0 Å². The van der Waals surface area contributed by atoms with E-state index in [-0.39, 0.29) is 6.73 Å². The molecule has 0 saturated heterocycles. The molecule has 18 heavy (non-hydrogen) atoms. The Labute approximate surface area is 106 Å². The summed E-state index contributed by atoms with van der Waals surface area (Å²) in [6.45, 7) is 8.04. The van der Waals surface area contributed by atoms with E-state index in [9.17, 15) is 9.59 Å². The summed E-state index contributed by atoms with van der Waals surface area (Å²) < 4.78 is 9.94. The number of esters is 1. The Morgan fingerprint density at radius 2 is 2.00 bits per heavy atom. The number of hydrogen-bond donors (Lipinski definition) is 1. The number of carboxylic acid groups (broad SMARTS) is 1. The molecule has 0 aliphatic carbocycles. The predicted octanol–water partition coefficient (Wildman–Crippen LogP) is 0.776. The number of allylic oxidation sites excluding steroid dienone is 1. The first-order chi connectivity index (χ1) is 8.45. The second-order valence-corrected chi connectivity index (χ2v) is 3.36. The van der Waals surface area contributed by atoms with Crippen molar-refractivity contribution in [2.75, 3.05) is 26.9 Å². The molecule has 0 heterocycles. The normalized spacial score (nSPS) is 10.3. The van der Waals surface area contributed by atoms with Gasteiger partial charge in [0, 0.05) is 18.7 Å². The first-order valence-corrected chi connectivity index (χ1v) is 5.16. The van der Waals surface area contributed by atoms with Crippen LogP contribution in [-0.2, 0) is 19.1 Å². The summed E-state index contributed by atoms with van der Waals surface area (Å²) in [5, 5.41) is 8.29. The van der Waals surface area contributed by atoms with Gasteiger partial charge in [-0.3, -0.25) is 4.90 Å². The van der Waals surface area contributed by atoms with Crippen LogP contribution in [0.15, 0.2) is 37.1 Å². The maximum absolute atomic E-state index is 11.0. The van der Waals surface area contributed by atoms with Gasteiger partial charge in [0.25, 0.3) is 0 Å². The van der Waals surface area contributed by atoms with Crippen LogP contribution in [0, 0.1) is 0 Å². The molecule has 0 aromatic rings. The summed E-state index contributed by atoms with van der Waals surface area (Å²) in [5.41, 5.74) is 0. The van der Waals surface area contributed by atoms with Crippen molar-refractivity contribution in [3.05, 3.63) is 37.1 Å². The summed E-state index contributed by atoms with van der Waals surface area (Å²) in [5.74, 6) is -1.43. The second kappa shape index (κ2) is 9.00. The fourth-order valence-electron chi connectivity index (χ4n) is 0.817. The van der Waals surface area contributed by atoms with Gasteiger partial charge >= 0.3 is 11.9 Å². The molecule has 0 bridgehead atoms. The highest BCUT2D eigenvalue weighted by atomic mass is 16.5. The molecule has 6 nitrogen and oxygen atoms in total. The molecule has 100 valence electrons. The summed E-state index contributed by atoms with van der Waals surface area (Å²) >= 11 is 0. The Bertz CT molecular complexity index is 348. The van der Waals surface area contributed by atoms with E-state index in [4.69, 9.17) is 14.6 Å². The molecular weight excluding hydrogens is 238 g/mol. The van der Waals surface area contributed by atoms with Gasteiger partial charge in [0.05, 0.1) is 0 Å². The van der Waals surface area contributed by atoms with E-state index in [0.717, 1.165) is 12.2 Å². The molecule has 0 rings (SSSR count). The molecule has 1 N–H and O–H groups in total. The number of nitrogens with zero attached hydrogens (tertiary/aromatic N) is 1. The van der Waals surface area contributed by atoms with Crippen LogP contribution in [0.4, 0.5) is 0 Å². The lowest BCUT2D eigenvalue weighted by molar-refractivity contribution is -0.142. The number of hydrogen-bond acceptors (Lipinski definition) is 5. The van der Waals surface area contributed by atoms with Crippen LogP contribution in [0.1, 0.15) is 0 Å². The van der Waals surface area contributed by atoms with Crippen LogP contribution in [0.3, 0.4) is 0 Å². The van der Waals surface area contributed by atoms with Gasteiger partial charge in [-0.05, 0) is 13.1 Å². The van der Waals surface area contributed by atoms with Crippen molar-refractivity contribution in [2.45, 2.75) is 0 Å². The number of carbonyl (C=O) groups is 2. The zero-order valence-corrected chi connectivity index (χ0v) is 10.3. The van der Waals surface area contributed by atoms with E-state index < -0.39 is 11.9 Å². The van der Waals surface area contributed by atoms with Gasteiger partial charge in [0.15, 0.2) is 0 Å². The molecule has 6 heteroatoms. The Morgan fingerprint density at radius 1 is 1.33 bits per heavy atom. The van der Waals surface area contributed by atoms with Crippen LogP contribution < -0.4 is 0 Å². The average molecular weight is 255 g/mol. The lowest BCUT2D eigenvalue weighted by Crippen LogP contribution is -2.27. The van der Waals surface area contributed by atoms with Gasteiger partial charge in [-0.25, -0.2) is 9.59 Å². The maximum Gasteiger partial charge on any atom is 0.332 e. The van der Waals surface area contributed by atoms with Gasteiger partial charge < -0.3 is 14.6 Å². The Hall–Kier alpha value is -2.08. The van der Waals surface area contributed by atoms with Crippen LogP contribution in [0.25, 0.3) is 0 Å². The number of aliphatic carboxylic acids is 1. The van der Waals surface area contributed by atoms with Crippen molar-refractivity contribution >= 4 is 11.9 Å². The first kappa shape index (κ1) is 15.9. The molecule has 0 fully saturated rings. The van der Waals surface area contributed by atoms with Crippen LogP contribution >= 0.6 is 0 Å². The largest absolute Gasteiger partial charge is 0.493 e. The van der Waals surface area contributed by atoms with Crippen molar-refractivity contribution < 1.29 is 24.2 Å². The molecule has 0 aliphatic heterocycles. The third-order valence-corrected chi connectivity index (χ3v) is 1.78. The lowest BCUT2D eigenvalue weighted by Gasteiger charge is -2.16. The molecule has 0 saturated carbocycles. The monoisotopic (exact) mass is 255 g/mol. The SMILES string of the molecule is C=CC(=C)OCCN(C)COC(=O)/C=C\C(=O)O. The average Bonchev–Trinajstić information content (AvgIpc) is 2.33. The van der Waals surface area contributed by atoms with Crippen molar-refractivity contribution in [3.8, 4) is 0 Å². The summed E-state index contributed by atoms with van der Waals surface area (Å²) in [6, 6.07) is 0. The highest BCUT2D eigenvalue weighted by Gasteiger charge is 2.02. The predicted molar refractivity (Wildman–Crippen MR) is 65.7 cm³/mol. The maximum atomic E-state index is 11.0. The molecule has 0 aromatic carbocycles. The highest BCUT2D eigenvalue weighted by molar-refractivity contribution is 5.90. The van der Waals surface area contributed by atoms with Crippen molar-refractivity contribution in [1.82, 2.24) is 4.90 Å². The van der Waals surface area contributed by atoms with E-state index in [1.807, 2.05) is 0 Å². The van der Waals surface area contributed by atoms with Gasteiger partial charge in [-0.2, -0.15) is 0 Å². The van der Waals surface area contributed by atoms with Crippen LogP contribution in [-0.4, -0.2) is 48.9 Å². The highest BCUT2D eigenvalue weighted by Crippen LogP contribution is 1.94. The molecular formula is C12H17NO5. The van der Waals surface area contributed by atoms with E-state index >= 15 is 0 Å². The molecule has 0 atom stereocenters. The lowest BCUT2D eigenvalue weighted by atomic mass is 10.5.